The molecule has 0 aromatic heterocycles. The summed E-state index contributed by atoms with van der Waals surface area (Å²) in [5, 5.41) is 3.22. The topological polar surface area (TPSA) is 36.9 Å². The van der Waals surface area contributed by atoms with E-state index in [9.17, 15) is 8.78 Å². The lowest BCUT2D eigenvalue weighted by molar-refractivity contribution is 0.111. The van der Waals surface area contributed by atoms with Gasteiger partial charge >= 0.3 is 0 Å². The van der Waals surface area contributed by atoms with E-state index in [2.05, 4.69) is 10.3 Å². The number of guanidine groups is 1. The number of rotatable bonds is 4. The van der Waals surface area contributed by atoms with Crippen LogP contribution in [0.5, 0.6) is 5.75 Å². The minimum absolute atomic E-state index is 0.179. The van der Waals surface area contributed by atoms with Crippen molar-refractivity contribution in [2.45, 2.75) is 25.9 Å². The predicted molar refractivity (Wildman–Crippen MR) is 78.6 cm³/mol. The van der Waals surface area contributed by atoms with Crippen molar-refractivity contribution >= 4 is 5.96 Å². The van der Waals surface area contributed by atoms with Crippen LogP contribution in [0.2, 0.25) is 0 Å². The van der Waals surface area contributed by atoms with Gasteiger partial charge in [-0.3, -0.25) is 4.99 Å². The zero-order chi connectivity index (χ0) is 15.5. The maximum Gasteiger partial charge on any atom is 0.193 e. The number of nitrogens with one attached hydrogen (secondary N) is 1. The molecule has 0 unspecified atom stereocenters. The van der Waals surface area contributed by atoms with Crippen LogP contribution >= 0.6 is 0 Å². The van der Waals surface area contributed by atoms with Gasteiger partial charge in [0.25, 0.3) is 0 Å². The van der Waals surface area contributed by atoms with Crippen molar-refractivity contribution in [3.05, 3.63) is 29.8 Å². The van der Waals surface area contributed by atoms with Gasteiger partial charge in [0.05, 0.1) is 6.54 Å². The van der Waals surface area contributed by atoms with Gasteiger partial charge in [-0.2, -0.15) is 0 Å². The molecule has 1 heterocycles. The van der Waals surface area contributed by atoms with Gasteiger partial charge in [-0.15, -0.1) is 0 Å². The van der Waals surface area contributed by atoms with Gasteiger partial charge in [-0.25, -0.2) is 8.78 Å². The molecule has 0 saturated heterocycles. The lowest BCUT2D eigenvalue weighted by atomic mass is 10.1. The fourth-order valence-electron chi connectivity index (χ4n) is 2.14. The third-order valence-corrected chi connectivity index (χ3v) is 3.18. The Morgan fingerprint density at radius 3 is 2.57 bits per heavy atom. The largest absolute Gasteiger partial charge is 0.486 e. The molecule has 0 aliphatic carbocycles. The second-order valence-corrected chi connectivity index (χ2v) is 5.80. The van der Waals surface area contributed by atoms with Gasteiger partial charge in [-0.05, 0) is 20.3 Å². The third-order valence-electron chi connectivity index (χ3n) is 3.18. The highest BCUT2D eigenvalue weighted by molar-refractivity contribution is 5.80. The van der Waals surface area contributed by atoms with Gasteiger partial charge in [0.1, 0.15) is 23.0 Å². The van der Waals surface area contributed by atoms with Crippen LogP contribution in [0.25, 0.3) is 0 Å². The van der Waals surface area contributed by atoms with Crippen molar-refractivity contribution < 1.29 is 13.5 Å². The van der Waals surface area contributed by atoms with Gasteiger partial charge in [-0.1, -0.05) is 0 Å². The van der Waals surface area contributed by atoms with Crippen molar-refractivity contribution in [1.29, 1.82) is 0 Å². The molecule has 6 heteroatoms. The van der Waals surface area contributed by atoms with E-state index < -0.39 is 17.2 Å². The normalized spacial score (nSPS) is 15.7. The van der Waals surface area contributed by atoms with Gasteiger partial charge in [0.2, 0.25) is 0 Å². The summed E-state index contributed by atoms with van der Waals surface area (Å²) >= 11 is 0. The van der Waals surface area contributed by atoms with Crippen LogP contribution < -0.4 is 10.1 Å². The monoisotopic (exact) mass is 297 g/mol. The number of hydrogen-bond acceptors (Lipinski definition) is 4. The molecule has 1 aromatic rings. The van der Waals surface area contributed by atoms with E-state index in [1.54, 1.807) is 0 Å². The molecule has 1 aromatic carbocycles. The molecule has 1 N–H and O–H groups in total. The highest BCUT2D eigenvalue weighted by Crippen LogP contribution is 2.20. The van der Waals surface area contributed by atoms with E-state index in [-0.39, 0.29) is 5.75 Å². The van der Waals surface area contributed by atoms with Crippen LogP contribution in [-0.4, -0.2) is 43.1 Å². The molecule has 0 saturated carbocycles. The Bertz CT molecular complexity index is 511. The maximum atomic E-state index is 13.2. The second-order valence-electron chi connectivity index (χ2n) is 5.80. The molecule has 1 aliphatic heterocycles. The molecule has 1 aliphatic rings. The quantitative estimate of drug-likeness (QED) is 0.927. The molecule has 0 spiro atoms. The minimum Gasteiger partial charge on any atom is -0.486 e. The van der Waals surface area contributed by atoms with Crippen LogP contribution in [0.3, 0.4) is 0 Å². The van der Waals surface area contributed by atoms with Crippen molar-refractivity contribution in [2.75, 3.05) is 26.7 Å². The Morgan fingerprint density at radius 2 is 1.95 bits per heavy atom. The fourth-order valence-corrected chi connectivity index (χ4v) is 2.14. The van der Waals surface area contributed by atoms with Crippen LogP contribution in [0.1, 0.15) is 20.3 Å². The summed E-state index contributed by atoms with van der Waals surface area (Å²) in [6.45, 7) is 5.96. The number of ether oxygens (including phenoxy) is 1. The molecule has 0 atom stereocenters. The first-order valence-electron chi connectivity index (χ1n) is 7.00. The average molecular weight is 297 g/mol. The van der Waals surface area contributed by atoms with Crippen molar-refractivity contribution in [3.63, 3.8) is 0 Å². The first-order valence-corrected chi connectivity index (χ1v) is 7.00. The number of aliphatic imine (C=N–C) groups is 1. The molecule has 0 radical (unpaired) electrons. The van der Waals surface area contributed by atoms with Crippen LogP contribution in [0.15, 0.2) is 23.2 Å². The Labute approximate surface area is 123 Å². The highest BCUT2D eigenvalue weighted by atomic mass is 19.1. The van der Waals surface area contributed by atoms with Gasteiger partial charge in [0.15, 0.2) is 5.96 Å². The Hall–Kier alpha value is -1.85. The van der Waals surface area contributed by atoms with Gasteiger partial charge in [0, 0.05) is 38.3 Å². The van der Waals surface area contributed by atoms with Crippen molar-refractivity contribution in [2.24, 2.45) is 4.99 Å². The molecule has 21 heavy (non-hydrogen) atoms. The van der Waals surface area contributed by atoms with Crippen molar-refractivity contribution in [1.82, 2.24) is 10.2 Å². The van der Waals surface area contributed by atoms with Crippen LogP contribution in [0, 0.1) is 11.6 Å². The van der Waals surface area contributed by atoms with E-state index in [1.807, 2.05) is 25.8 Å². The summed E-state index contributed by atoms with van der Waals surface area (Å²) in [7, 11) is 1.97. The van der Waals surface area contributed by atoms with Crippen LogP contribution in [0.4, 0.5) is 8.78 Å². The van der Waals surface area contributed by atoms with E-state index in [0.717, 1.165) is 31.5 Å². The standard InChI is InChI=1S/C15H21F2N3O/c1-15(2,10-19-14-18-5-4-6-20(14)3)21-13-8-11(16)7-12(17)9-13/h7-9H,4-6,10H2,1-3H3,(H,18,19). The summed E-state index contributed by atoms with van der Waals surface area (Å²) < 4.78 is 32.0. The van der Waals surface area contributed by atoms with Gasteiger partial charge < -0.3 is 15.0 Å². The highest BCUT2D eigenvalue weighted by Gasteiger charge is 2.22. The maximum absolute atomic E-state index is 13.2. The molecule has 116 valence electrons. The zero-order valence-corrected chi connectivity index (χ0v) is 12.6. The van der Waals surface area contributed by atoms with Crippen LogP contribution in [-0.2, 0) is 0 Å². The number of nitrogens with zero attached hydrogens (tertiary/aromatic N) is 2. The molecule has 2 rings (SSSR count). The predicted octanol–water partition coefficient (Wildman–Crippen LogP) is 2.40. The first-order chi connectivity index (χ1) is 9.85. The lowest BCUT2D eigenvalue weighted by Gasteiger charge is -2.31. The Kier molecular flexibility index (Phi) is 4.65. The summed E-state index contributed by atoms with van der Waals surface area (Å²) in [5.41, 5.74) is -0.624. The summed E-state index contributed by atoms with van der Waals surface area (Å²) in [6.07, 6.45) is 1.05. The van der Waals surface area contributed by atoms with E-state index in [1.165, 1.54) is 12.1 Å². The summed E-state index contributed by atoms with van der Waals surface area (Å²) in [6, 6.07) is 3.17. The summed E-state index contributed by atoms with van der Waals surface area (Å²) in [4.78, 5) is 6.45. The fraction of sp³-hybridized carbons (Fsp3) is 0.533. The minimum atomic E-state index is -0.648. The molecule has 0 bridgehead atoms. The number of hydrogen-bond donors (Lipinski definition) is 1. The third kappa shape index (κ3) is 4.58. The summed E-state index contributed by atoms with van der Waals surface area (Å²) in [5.74, 6) is -0.295. The molecular formula is C15H21F2N3O. The van der Waals surface area contributed by atoms with E-state index in [4.69, 9.17) is 4.74 Å². The average Bonchev–Trinajstić information content (AvgIpc) is 2.36. The Morgan fingerprint density at radius 1 is 1.29 bits per heavy atom. The SMILES string of the molecule is CN1CCCN=C1NCC(C)(C)Oc1cc(F)cc(F)c1. The van der Waals surface area contributed by atoms with Crippen molar-refractivity contribution in [3.8, 4) is 5.75 Å². The van der Waals surface area contributed by atoms with E-state index in [0.29, 0.717) is 6.54 Å². The second kappa shape index (κ2) is 6.28. The van der Waals surface area contributed by atoms with E-state index >= 15 is 0 Å². The first kappa shape index (κ1) is 15.5. The number of halogens is 2. The molecular weight excluding hydrogens is 276 g/mol. The smallest absolute Gasteiger partial charge is 0.193 e. The number of benzene rings is 1. The molecule has 4 nitrogen and oxygen atoms in total. The Balaban J connectivity index is 1.96. The molecule has 0 amide bonds. The molecule has 0 fully saturated rings. The zero-order valence-electron chi connectivity index (χ0n) is 12.6. The lowest BCUT2D eigenvalue weighted by Crippen LogP contribution is -2.49.